The summed E-state index contributed by atoms with van der Waals surface area (Å²) in [4.78, 5) is 23.1. The van der Waals surface area contributed by atoms with Crippen molar-refractivity contribution < 1.29 is 19.1 Å². The highest BCUT2D eigenvalue weighted by molar-refractivity contribution is 5.73. The summed E-state index contributed by atoms with van der Waals surface area (Å²) in [7, 11) is 0. The first kappa shape index (κ1) is 21.6. The molecule has 0 bridgehead atoms. The van der Waals surface area contributed by atoms with Gasteiger partial charge in [-0.25, -0.2) is 9.59 Å². The van der Waals surface area contributed by atoms with Gasteiger partial charge in [-0.1, -0.05) is 18.2 Å². The van der Waals surface area contributed by atoms with Gasteiger partial charge in [0.1, 0.15) is 11.4 Å². The molecule has 7 heteroatoms. The van der Waals surface area contributed by atoms with E-state index in [1.165, 1.54) is 0 Å². The molecule has 1 aromatic carbocycles. The first-order valence-electron chi connectivity index (χ1n) is 8.86. The zero-order valence-corrected chi connectivity index (χ0v) is 16.4. The molecule has 146 valence electrons. The number of benzene rings is 1. The highest BCUT2D eigenvalue weighted by atomic mass is 16.6. The summed E-state index contributed by atoms with van der Waals surface area (Å²) in [6.07, 6.45) is 0.209. The second kappa shape index (κ2) is 10.5. The summed E-state index contributed by atoms with van der Waals surface area (Å²) < 4.78 is 10.9. The smallest absolute Gasteiger partial charge is 0.407 e. The number of hydrogen-bond donors (Lipinski definition) is 3. The van der Waals surface area contributed by atoms with E-state index in [1.807, 2.05) is 32.0 Å². The van der Waals surface area contributed by atoms with Gasteiger partial charge in [0.25, 0.3) is 0 Å². The molecule has 0 aliphatic heterocycles. The van der Waals surface area contributed by atoms with Gasteiger partial charge in [-0.3, -0.25) is 0 Å². The molecule has 3 N–H and O–H groups in total. The number of urea groups is 1. The fraction of sp³-hybridized carbons (Fsp3) is 0.579. The highest BCUT2D eigenvalue weighted by Crippen LogP contribution is 2.22. The lowest BCUT2D eigenvalue weighted by Crippen LogP contribution is -2.41. The number of nitrogens with one attached hydrogen (secondary N) is 3. The zero-order chi connectivity index (χ0) is 19.6. The van der Waals surface area contributed by atoms with Crippen molar-refractivity contribution in [2.24, 2.45) is 0 Å². The number of aryl methyl sites for hydroxylation is 2. The standard InChI is InChI=1S/C19H31N3O4/c1-14-8-6-9-15(2)16(14)25-13-7-10-20-17(23)21-11-12-22-18(24)26-19(3,4)5/h6,8-9H,7,10-13H2,1-5H3,(H,22,24)(H2,20,21,23). The van der Waals surface area contributed by atoms with E-state index in [4.69, 9.17) is 9.47 Å². The van der Waals surface area contributed by atoms with E-state index in [0.717, 1.165) is 16.9 Å². The molecular formula is C19H31N3O4. The van der Waals surface area contributed by atoms with Gasteiger partial charge in [0.05, 0.1) is 6.61 Å². The summed E-state index contributed by atoms with van der Waals surface area (Å²) in [6, 6.07) is 5.75. The number of carbonyl (C=O) groups excluding carboxylic acids is 2. The molecule has 0 heterocycles. The summed E-state index contributed by atoms with van der Waals surface area (Å²) in [6.45, 7) is 11.1. The van der Waals surface area contributed by atoms with E-state index < -0.39 is 11.7 Å². The van der Waals surface area contributed by atoms with Crippen LogP contribution in [0.3, 0.4) is 0 Å². The third kappa shape index (κ3) is 9.15. The van der Waals surface area contributed by atoms with Gasteiger partial charge in [0, 0.05) is 19.6 Å². The molecule has 1 aromatic rings. The number of alkyl carbamates (subject to hydrolysis) is 1. The second-order valence-electron chi connectivity index (χ2n) is 7.03. The minimum absolute atomic E-state index is 0.275. The minimum Gasteiger partial charge on any atom is -0.493 e. The predicted octanol–water partition coefficient (Wildman–Crippen LogP) is 2.90. The second-order valence-corrected chi connectivity index (χ2v) is 7.03. The van der Waals surface area contributed by atoms with Crippen molar-refractivity contribution in [1.82, 2.24) is 16.0 Å². The summed E-state index contributed by atoms with van der Waals surface area (Å²) in [5, 5.41) is 7.99. The van der Waals surface area contributed by atoms with E-state index in [1.54, 1.807) is 20.8 Å². The molecule has 0 radical (unpaired) electrons. The Morgan fingerprint density at radius 2 is 1.54 bits per heavy atom. The number of rotatable bonds is 8. The Morgan fingerprint density at radius 3 is 2.15 bits per heavy atom. The maximum Gasteiger partial charge on any atom is 0.407 e. The lowest BCUT2D eigenvalue weighted by Gasteiger charge is -2.19. The maximum absolute atomic E-state index is 11.7. The van der Waals surface area contributed by atoms with Crippen LogP contribution in [0, 0.1) is 13.8 Å². The summed E-state index contributed by atoms with van der Waals surface area (Å²) >= 11 is 0. The Morgan fingerprint density at radius 1 is 0.962 bits per heavy atom. The molecule has 0 fully saturated rings. The van der Waals surface area contributed by atoms with Crippen LogP contribution in [0.5, 0.6) is 5.75 Å². The monoisotopic (exact) mass is 365 g/mol. The van der Waals surface area contributed by atoms with Crippen molar-refractivity contribution in [2.75, 3.05) is 26.2 Å². The van der Waals surface area contributed by atoms with Crippen LogP contribution in [0.2, 0.25) is 0 Å². The molecule has 0 aliphatic carbocycles. The van der Waals surface area contributed by atoms with Gasteiger partial charge >= 0.3 is 12.1 Å². The molecule has 0 atom stereocenters. The zero-order valence-electron chi connectivity index (χ0n) is 16.4. The number of ether oxygens (including phenoxy) is 2. The van der Waals surface area contributed by atoms with Crippen LogP contribution in [0.1, 0.15) is 38.3 Å². The molecule has 0 unspecified atom stereocenters. The quantitative estimate of drug-likeness (QED) is 0.618. The fourth-order valence-corrected chi connectivity index (χ4v) is 2.19. The number of amides is 3. The fourth-order valence-electron chi connectivity index (χ4n) is 2.19. The average molecular weight is 365 g/mol. The third-order valence-corrected chi connectivity index (χ3v) is 3.34. The first-order valence-corrected chi connectivity index (χ1v) is 8.86. The van der Waals surface area contributed by atoms with Crippen molar-refractivity contribution in [3.8, 4) is 5.75 Å². The molecule has 1 rings (SSSR count). The van der Waals surface area contributed by atoms with E-state index in [2.05, 4.69) is 16.0 Å². The lowest BCUT2D eigenvalue weighted by molar-refractivity contribution is 0.0528. The van der Waals surface area contributed by atoms with Gasteiger partial charge in [-0.15, -0.1) is 0 Å². The van der Waals surface area contributed by atoms with E-state index in [-0.39, 0.29) is 6.03 Å². The Balaban J connectivity index is 2.08. The van der Waals surface area contributed by atoms with Crippen LogP contribution in [0.25, 0.3) is 0 Å². The SMILES string of the molecule is Cc1cccc(C)c1OCCCNC(=O)NCCNC(=O)OC(C)(C)C. The van der Waals surface area contributed by atoms with E-state index in [0.29, 0.717) is 32.7 Å². The number of para-hydroxylation sites is 1. The topological polar surface area (TPSA) is 88.7 Å². The largest absolute Gasteiger partial charge is 0.493 e. The molecule has 0 aliphatic rings. The summed E-state index contributed by atoms with van der Waals surface area (Å²) in [5.41, 5.74) is 1.68. The Bertz CT molecular complexity index is 577. The van der Waals surface area contributed by atoms with E-state index in [9.17, 15) is 9.59 Å². The number of carbonyl (C=O) groups is 2. The summed E-state index contributed by atoms with van der Waals surface area (Å²) in [5.74, 6) is 0.908. The van der Waals surface area contributed by atoms with Gasteiger partial charge in [0.15, 0.2) is 0 Å². The normalized spacial score (nSPS) is 10.8. The number of hydrogen-bond acceptors (Lipinski definition) is 4. The van der Waals surface area contributed by atoms with Crippen molar-refractivity contribution >= 4 is 12.1 Å². The molecule has 7 nitrogen and oxygen atoms in total. The molecule has 0 spiro atoms. The van der Waals surface area contributed by atoms with Gasteiger partial charge in [-0.05, 0) is 52.2 Å². The van der Waals surface area contributed by atoms with Crippen LogP contribution in [-0.2, 0) is 4.74 Å². The van der Waals surface area contributed by atoms with Crippen LogP contribution >= 0.6 is 0 Å². The van der Waals surface area contributed by atoms with Crippen LogP contribution in [-0.4, -0.2) is 44.0 Å². The lowest BCUT2D eigenvalue weighted by atomic mass is 10.1. The Kier molecular flexibility index (Phi) is 8.75. The predicted molar refractivity (Wildman–Crippen MR) is 102 cm³/mol. The van der Waals surface area contributed by atoms with Gasteiger partial charge < -0.3 is 25.4 Å². The maximum atomic E-state index is 11.7. The minimum atomic E-state index is -0.534. The van der Waals surface area contributed by atoms with Crippen molar-refractivity contribution in [2.45, 2.75) is 46.6 Å². The van der Waals surface area contributed by atoms with Gasteiger partial charge in [-0.2, -0.15) is 0 Å². The average Bonchev–Trinajstić information content (AvgIpc) is 2.52. The van der Waals surface area contributed by atoms with Gasteiger partial charge in [0.2, 0.25) is 0 Å². The molecule has 0 saturated carbocycles. The van der Waals surface area contributed by atoms with Crippen LogP contribution < -0.4 is 20.7 Å². The third-order valence-electron chi connectivity index (χ3n) is 3.34. The molecular weight excluding hydrogens is 334 g/mol. The molecule has 3 amide bonds. The molecule has 0 saturated heterocycles. The van der Waals surface area contributed by atoms with Crippen molar-refractivity contribution in [3.05, 3.63) is 29.3 Å². The van der Waals surface area contributed by atoms with Crippen LogP contribution in [0.15, 0.2) is 18.2 Å². The highest BCUT2D eigenvalue weighted by Gasteiger charge is 2.15. The molecule has 0 aromatic heterocycles. The Labute approximate surface area is 155 Å². The van der Waals surface area contributed by atoms with Crippen molar-refractivity contribution in [3.63, 3.8) is 0 Å². The Hall–Kier alpha value is -2.44. The van der Waals surface area contributed by atoms with E-state index >= 15 is 0 Å². The van der Waals surface area contributed by atoms with Crippen molar-refractivity contribution in [1.29, 1.82) is 0 Å². The first-order chi connectivity index (χ1) is 12.2. The molecule has 26 heavy (non-hydrogen) atoms. The van der Waals surface area contributed by atoms with Crippen LogP contribution in [0.4, 0.5) is 9.59 Å².